The van der Waals surface area contributed by atoms with Gasteiger partial charge < -0.3 is 5.11 Å². The van der Waals surface area contributed by atoms with E-state index in [0.717, 1.165) is 12.0 Å². The smallest absolute Gasteiger partial charge is 0.0833 e. The fraction of sp³-hybridized carbons (Fsp3) is 0.250. The monoisotopic (exact) mass is 154 g/mol. The molecule has 0 aliphatic heterocycles. The maximum absolute atomic E-state index is 9.17. The molecule has 0 heterocycles. The minimum absolute atomic E-state index is 0.270. The van der Waals surface area contributed by atoms with Gasteiger partial charge in [0.15, 0.2) is 0 Å². The van der Waals surface area contributed by atoms with Gasteiger partial charge in [-0.25, -0.2) is 0 Å². The van der Waals surface area contributed by atoms with Crippen molar-refractivity contribution in [2.24, 2.45) is 0 Å². The third kappa shape index (κ3) is 0.746. The van der Waals surface area contributed by atoms with Gasteiger partial charge in [0.2, 0.25) is 0 Å². The maximum atomic E-state index is 9.17. The summed E-state index contributed by atoms with van der Waals surface area (Å²) in [5.74, 6) is 0. The Morgan fingerprint density at radius 2 is 2.30 bits per heavy atom. The van der Waals surface area contributed by atoms with Crippen molar-refractivity contribution in [2.45, 2.75) is 12.5 Å². The molecule has 2 rings (SSSR count). The van der Waals surface area contributed by atoms with Gasteiger partial charge in [-0.15, -0.1) is 0 Å². The van der Waals surface area contributed by atoms with Gasteiger partial charge in [-0.2, -0.15) is 0 Å². The van der Waals surface area contributed by atoms with Crippen molar-refractivity contribution < 1.29 is 5.11 Å². The van der Waals surface area contributed by atoms with Crippen LogP contribution in [-0.2, 0) is 6.42 Å². The summed E-state index contributed by atoms with van der Waals surface area (Å²) in [4.78, 5) is 0. The van der Waals surface area contributed by atoms with Crippen LogP contribution in [0.5, 0.6) is 0 Å². The molecule has 1 nitrogen and oxygen atoms in total. The number of hydrogen-bond donors (Lipinski definition) is 1. The molecule has 0 amide bonds. The molecule has 0 fully saturated rings. The quantitative estimate of drug-likeness (QED) is 0.606. The third-order valence-corrected chi connectivity index (χ3v) is 2.12. The Labute approximate surface area is 64.3 Å². The Morgan fingerprint density at radius 3 is 2.90 bits per heavy atom. The maximum Gasteiger partial charge on any atom is 0.0833 e. The van der Waals surface area contributed by atoms with Gasteiger partial charge in [0.25, 0.3) is 0 Å². The van der Waals surface area contributed by atoms with Crippen LogP contribution in [0.25, 0.3) is 0 Å². The topological polar surface area (TPSA) is 20.2 Å². The van der Waals surface area contributed by atoms with Gasteiger partial charge in [0, 0.05) is 11.4 Å². The summed E-state index contributed by atoms with van der Waals surface area (Å²) in [6.45, 7) is 0. The summed E-state index contributed by atoms with van der Waals surface area (Å²) in [6, 6.07) is 5.64. The molecule has 1 atom stereocenters. The summed E-state index contributed by atoms with van der Waals surface area (Å²) in [6.07, 6.45) is 0.515. The van der Waals surface area contributed by atoms with Gasteiger partial charge in [0.05, 0.1) is 6.10 Å². The molecule has 0 radical (unpaired) electrons. The highest BCUT2D eigenvalue weighted by atomic mass is 35.5. The van der Waals surface area contributed by atoms with E-state index in [0.29, 0.717) is 5.02 Å². The van der Waals surface area contributed by atoms with Crippen LogP contribution in [0.1, 0.15) is 17.2 Å². The van der Waals surface area contributed by atoms with E-state index in [1.165, 1.54) is 5.56 Å². The molecule has 1 aliphatic rings. The lowest BCUT2D eigenvalue weighted by molar-refractivity contribution is 0.154. The van der Waals surface area contributed by atoms with Crippen LogP contribution in [0.4, 0.5) is 0 Å². The highest BCUT2D eigenvalue weighted by molar-refractivity contribution is 6.30. The SMILES string of the molecule is OC1Cc2ccc(Cl)cc21. The van der Waals surface area contributed by atoms with Crippen LogP contribution in [-0.4, -0.2) is 5.11 Å². The number of rotatable bonds is 0. The van der Waals surface area contributed by atoms with Gasteiger partial charge in [-0.1, -0.05) is 17.7 Å². The average molecular weight is 155 g/mol. The Hall–Kier alpha value is -0.530. The molecule has 0 spiro atoms. The molecule has 2 heteroatoms. The second-order valence-electron chi connectivity index (χ2n) is 2.56. The minimum atomic E-state index is -0.270. The fourth-order valence-corrected chi connectivity index (χ4v) is 1.43. The number of aliphatic hydroxyl groups excluding tert-OH is 1. The number of benzene rings is 1. The molecule has 1 N–H and O–H groups in total. The van der Waals surface area contributed by atoms with Crippen LogP contribution in [0.3, 0.4) is 0 Å². The van der Waals surface area contributed by atoms with E-state index in [1.807, 2.05) is 18.2 Å². The van der Waals surface area contributed by atoms with Gasteiger partial charge in [-0.3, -0.25) is 0 Å². The lowest BCUT2D eigenvalue weighted by Gasteiger charge is -2.25. The minimum Gasteiger partial charge on any atom is -0.388 e. The Bertz CT molecular complexity index is 270. The molecule has 1 aromatic rings. The zero-order chi connectivity index (χ0) is 7.14. The number of hydrogen-bond acceptors (Lipinski definition) is 1. The molecule has 52 valence electrons. The van der Waals surface area contributed by atoms with E-state index in [-0.39, 0.29) is 6.10 Å². The predicted molar refractivity (Wildman–Crippen MR) is 40.1 cm³/mol. The van der Waals surface area contributed by atoms with E-state index in [4.69, 9.17) is 16.7 Å². The summed E-state index contributed by atoms with van der Waals surface area (Å²) >= 11 is 5.71. The normalized spacial score (nSPS) is 21.6. The molecule has 1 unspecified atom stereocenters. The predicted octanol–water partition coefficient (Wildman–Crippen LogP) is 1.93. The van der Waals surface area contributed by atoms with E-state index in [1.54, 1.807) is 0 Å². The van der Waals surface area contributed by atoms with Crippen LogP contribution in [0, 0.1) is 0 Å². The van der Waals surface area contributed by atoms with Crippen LogP contribution >= 0.6 is 11.6 Å². The van der Waals surface area contributed by atoms with Crippen molar-refractivity contribution in [1.82, 2.24) is 0 Å². The summed E-state index contributed by atoms with van der Waals surface area (Å²) in [5, 5.41) is 9.87. The molecule has 0 saturated carbocycles. The van der Waals surface area contributed by atoms with Crippen LogP contribution < -0.4 is 0 Å². The highest BCUT2D eigenvalue weighted by Gasteiger charge is 2.23. The summed E-state index contributed by atoms with van der Waals surface area (Å²) in [5.41, 5.74) is 2.21. The van der Waals surface area contributed by atoms with Crippen molar-refractivity contribution in [3.63, 3.8) is 0 Å². The lowest BCUT2D eigenvalue weighted by Crippen LogP contribution is -2.15. The van der Waals surface area contributed by atoms with E-state index in [9.17, 15) is 0 Å². The fourth-order valence-electron chi connectivity index (χ4n) is 1.25. The Morgan fingerprint density at radius 1 is 1.50 bits per heavy atom. The lowest BCUT2D eigenvalue weighted by atomic mass is 9.86. The molecular formula is C8H7ClO. The average Bonchev–Trinajstić information content (AvgIpc) is 1.92. The third-order valence-electron chi connectivity index (χ3n) is 1.88. The molecule has 10 heavy (non-hydrogen) atoms. The van der Waals surface area contributed by atoms with Crippen molar-refractivity contribution in [3.8, 4) is 0 Å². The molecule has 0 bridgehead atoms. The highest BCUT2D eigenvalue weighted by Crippen LogP contribution is 2.34. The van der Waals surface area contributed by atoms with E-state index < -0.39 is 0 Å². The zero-order valence-electron chi connectivity index (χ0n) is 5.34. The molecule has 1 aromatic carbocycles. The van der Waals surface area contributed by atoms with Crippen LogP contribution in [0.15, 0.2) is 18.2 Å². The molecule has 0 saturated heterocycles. The van der Waals surface area contributed by atoms with Crippen molar-refractivity contribution in [3.05, 3.63) is 34.3 Å². The molecule has 1 aliphatic carbocycles. The summed E-state index contributed by atoms with van der Waals surface area (Å²) < 4.78 is 0. The number of fused-ring (bicyclic) bond motifs is 1. The van der Waals surface area contributed by atoms with Crippen molar-refractivity contribution in [2.75, 3.05) is 0 Å². The van der Waals surface area contributed by atoms with Crippen molar-refractivity contribution >= 4 is 11.6 Å². The van der Waals surface area contributed by atoms with Gasteiger partial charge in [-0.05, 0) is 23.3 Å². The van der Waals surface area contributed by atoms with Crippen molar-refractivity contribution in [1.29, 1.82) is 0 Å². The zero-order valence-corrected chi connectivity index (χ0v) is 6.10. The van der Waals surface area contributed by atoms with Gasteiger partial charge in [0.1, 0.15) is 0 Å². The first-order valence-electron chi connectivity index (χ1n) is 3.24. The van der Waals surface area contributed by atoms with Gasteiger partial charge >= 0.3 is 0 Å². The first-order chi connectivity index (χ1) is 4.77. The summed E-state index contributed by atoms with van der Waals surface area (Å²) in [7, 11) is 0. The Balaban J connectivity index is 2.51. The first kappa shape index (κ1) is 6.20. The largest absolute Gasteiger partial charge is 0.388 e. The van der Waals surface area contributed by atoms with Crippen LogP contribution in [0.2, 0.25) is 5.02 Å². The second-order valence-corrected chi connectivity index (χ2v) is 3.00. The van der Waals surface area contributed by atoms with E-state index >= 15 is 0 Å². The molecule has 0 aromatic heterocycles. The molecular weight excluding hydrogens is 148 g/mol. The second kappa shape index (κ2) is 1.97. The first-order valence-corrected chi connectivity index (χ1v) is 3.61. The Kier molecular flexibility index (Phi) is 1.22. The number of aliphatic hydroxyl groups is 1. The standard InChI is InChI=1S/C8H7ClO/c9-6-2-1-5-3-8(10)7(5)4-6/h1-2,4,8,10H,3H2. The van der Waals surface area contributed by atoms with E-state index in [2.05, 4.69) is 0 Å². The number of halogens is 1.